The molecule has 1 heterocycles. The van der Waals surface area contributed by atoms with Crippen molar-refractivity contribution in [3.8, 4) is 0 Å². The lowest BCUT2D eigenvalue weighted by Crippen LogP contribution is -2.35. The molecule has 0 spiro atoms. The van der Waals surface area contributed by atoms with E-state index < -0.39 is 0 Å². The standard InChI is InChI=1S/C17H23ClN4S/c1-5-11(2)19-17(23)20-16-12(3)21-22(13(16)4)10-14-7-6-8-15(18)9-14/h6-9,11H,5,10H2,1-4H3,(H2,19,20,23). The molecule has 1 unspecified atom stereocenters. The molecule has 0 fully saturated rings. The van der Waals surface area contributed by atoms with Crippen LogP contribution in [0, 0.1) is 13.8 Å². The third kappa shape index (κ3) is 4.69. The largest absolute Gasteiger partial charge is 0.360 e. The summed E-state index contributed by atoms with van der Waals surface area (Å²) in [5, 5.41) is 12.5. The number of thiocarbonyl (C=S) groups is 1. The Morgan fingerprint density at radius 1 is 1.39 bits per heavy atom. The van der Waals surface area contributed by atoms with Gasteiger partial charge < -0.3 is 10.6 Å². The summed E-state index contributed by atoms with van der Waals surface area (Å²) in [6.07, 6.45) is 1.02. The Labute approximate surface area is 148 Å². The van der Waals surface area contributed by atoms with E-state index in [2.05, 4.69) is 29.6 Å². The van der Waals surface area contributed by atoms with Crippen LogP contribution in [0.1, 0.15) is 37.2 Å². The second kappa shape index (κ2) is 7.79. The second-order valence-corrected chi connectivity index (χ2v) is 6.59. The van der Waals surface area contributed by atoms with Crippen LogP contribution in [0.15, 0.2) is 24.3 Å². The molecule has 0 aliphatic carbocycles. The van der Waals surface area contributed by atoms with Crippen LogP contribution >= 0.6 is 23.8 Å². The molecule has 1 atom stereocenters. The average molecular weight is 351 g/mol. The van der Waals surface area contributed by atoms with Crippen molar-refractivity contribution >= 4 is 34.6 Å². The van der Waals surface area contributed by atoms with Gasteiger partial charge in [-0.05, 0) is 57.1 Å². The molecule has 124 valence electrons. The fourth-order valence-corrected chi connectivity index (χ4v) is 2.83. The van der Waals surface area contributed by atoms with Crippen LogP contribution in [-0.2, 0) is 6.54 Å². The molecule has 2 rings (SSSR count). The lowest BCUT2D eigenvalue weighted by atomic mass is 10.2. The van der Waals surface area contributed by atoms with Crippen molar-refractivity contribution in [1.29, 1.82) is 0 Å². The summed E-state index contributed by atoms with van der Waals surface area (Å²) in [6.45, 7) is 8.94. The van der Waals surface area contributed by atoms with E-state index in [1.807, 2.05) is 42.8 Å². The van der Waals surface area contributed by atoms with Crippen molar-refractivity contribution in [2.24, 2.45) is 0 Å². The first-order chi connectivity index (χ1) is 10.9. The highest BCUT2D eigenvalue weighted by Crippen LogP contribution is 2.21. The number of anilines is 1. The van der Waals surface area contributed by atoms with Crippen molar-refractivity contribution in [3.63, 3.8) is 0 Å². The molecule has 2 N–H and O–H groups in total. The number of hydrogen-bond acceptors (Lipinski definition) is 2. The molecule has 1 aromatic carbocycles. The topological polar surface area (TPSA) is 41.9 Å². The molecule has 0 bridgehead atoms. The number of benzene rings is 1. The van der Waals surface area contributed by atoms with Crippen LogP contribution < -0.4 is 10.6 Å². The molecule has 0 saturated heterocycles. The molecular weight excluding hydrogens is 328 g/mol. The fraction of sp³-hybridized carbons (Fsp3) is 0.412. The van der Waals surface area contributed by atoms with E-state index in [1.54, 1.807) is 0 Å². The van der Waals surface area contributed by atoms with Gasteiger partial charge in [-0.1, -0.05) is 30.7 Å². The van der Waals surface area contributed by atoms with Crippen molar-refractivity contribution < 1.29 is 0 Å². The van der Waals surface area contributed by atoms with Gasteiger partial charge in [0.25, 0.3) is 0 Å². The van der Waals surface area contributed by atoms with Gasteiger partial charge >= 0.3 is 0 Å². The van der Waals surface area contributed by atoms with E-state index in [9.17, 15) is 0 Å². The summed E-state index contributed by atoms with van der Waals surface area (Å²) in [4.78, 5) is 0. The number of aromatic nitrogens is 2. The minimum atomic E-state index is 0.345. The summed E-state index contributed by atoms with van der Waals surface area (Å²) in [7, 11) is 0. The van der Waals surface area contributed by atoms with Gasteiger partial charge in [0.15, 0.2) is 5.11 Å². The van der Waals surface area contributed by atoms with E-state index in [-0.39, 0.29) is 0 Å². The summed E-state index contributed by atoms with van der Waals surface area (Å²) in [6, 6.07) is 8.17. The van der Waals surface area contributed by atoms with Crippen LogP contribution in [0.4, 0.5) is 5.69 Å². The summed E-state index contributed by atoms with van der Waals surface area (Å²) < 4.78 is 1.97. The number of halogens is 1. The zero-order chi connectivity index (χ0) is 17.0. The maximum atomic E-state index is 6.05. The first kappa shape index (κ1) is 17.8. The predicted molar refractivity (Wildman–Crippen MR) is 101 cm³/mol. The Balaban J connectivity index is 2.14. The lowest BCUT2D eigenvalue weighted by Gasteiger charge is -2.15. The Morgan fingerprint density at radius 2 is 2.13 bits per heavy atom. The normalized spacial score (nSPS) is 12.0. The first-order valence-electron chi connectivity index (χ1n) is 7.76. The first-order valence-corrected chi connectivity index (χ1v) is 8.55. The number of hydrogen-bond donors (Lipinski definition) is 2. The van der Waals surface area contributed by atoms with Gasteiger partial charge in [-0.2, -0.15) is 5.10 Å². The van der Waals surface area contributed by atoms with Crippen molar-refractivity contribution in [3.05, 3.63) is 46.2 Å². The third-order valence-electron chi connectivity index (χ3n) is 3.83. The van der Waals surface area contributed by atoms with Gasteiger partial charge in [0.2, 0.25) is 0 Å². The maximum absolute atomic E-state index is 6.05. The van der Waals surface area contributed by atoms with Crippen LogP contribution in [0.5, 0.6) is 0 Å². The third-order valence-corrected chi connectivity index (χ3v) is 4.29. The van der Waals surface area contributed by atoms with Crippen LogP contribution in [0.2, 0.25) is 5.02 Å². The maximum Gasteiger partial charge on any atom is 0.171 e. The van der Waals surface area contributed by atoms with E-state index in [1.165, 1.54) is 0 Å². The second-order valence-electron chi connectivity index (χ2n) is 5.74. The zero-order valence-corrected chi connectivity index (χ0v) is 15.6. The average Bonchev–Trinajstić information content (AvgIpc) is 2.74. The Hall–Kier alpha value is -1.59. The highest BCUT2D eigenvalue weighted by Gasteiger charge is 2.13. The van der Waals surface area contributed by atoms with Gasteiger partial charge in [0, 0.05) is 11.1 Å². The van der Waals surface area contributed by atoms with Crippen molar-refractivity contribution in [2.45, 2.75) is 46.7 Å². The molecule has 0 aliphatic heterocycles. The smallest absolute Gasteiger partial charge is 0.171 e. The number of aryl methyl sites for hydroxylation is 1. The van der Waals surface area contributed by atoms with Gasteiger partial charge in [-0.3, -0.25) is 4.68 Å². The van der Waals surface area contributed by atoms with Crippen LogP contribution in [0.3, 0.4) is 0 Å². The summed E-state index contributed by atoms with van der Waals surface area (Å²) in [5.74, 6) is 0. The molecule has 4 nitrogen and oxygen atoms in total. The van der Waals surface area contributed by atoms with Gasteiger partial charge in [-0.15, -0.1) is 0 Å². The highest BCUT2D eigenvalue weighted by atomic mass is 35.5. The quantitative estimate of drug-likeness (QED) is 0.789. The fourth-order valence-electron chi connectivity index (χ4n) is 2.32. The number of nitrogens with one attached hydrogen (secondary N) is 2. The van der Waals surface area contributed by atoms with Crippen molar-refractivity contribution in [1.82, 2.24) is 15.1 Å². The molecule has 0 aliphatic rings. The molecule has 1 aromatic heterocycles. The Morgan fingerprint density at radius 3 is 2.78 bits per heavy atom. The molecular formula is C17H23ClN4S. The molecule has 0 amide bonds. The van der Waals surface area contributed by atoms with Gasteiger partial charge in [0.05, 0.1) is 23.6 Å². The monoisotopic (exact) mass is 350 g/mol. The van der Waals surface area contributed by atoms with Crippen LogP contribution in [0.25, 0.3) is 0 Å². The van der Waals surface area contributed by atoms with E-state index >= 15 is 0 Å². The predicted octanol–water partition coefficient (Wildman–Crippen LogP) is 4.29. The Kier molecular flexibility index (Phi) is 6.02. The minimum absolute atomic E-state index is 0.345. The minimum Gasteiger partial charge on any atom is -0.360 e. The highest BCUT2D eigenvalue weighted by molar-refractivity contribution is 7.80. The Bertz CT molecular complexity index is 696. The lowest BCUT2D eigenvalue weighted by molar-refractivity contribution is 0.645. The van der Waals surface area contributed by atoms with Crippen molar-refractivity contribution in [2.75, 3.05) is 5.32 Å². The molecule has 23 heavy (non-hydrogen) atoms. The molecule has 6 heteroatoms. The molecule has 0 radical (unpaired) electrons. The number of rotatable bonds is 5. The SMILES string of the molecule is CCC(C)NC(=S)Nc1c(C)nn(Cc2cccc(Cl)c2)c1C. The van der Waals surface area contributed by atoms with Gasteiger partial charge in [0.1, 0.15) is 0 Å². The molecule has 2 aromatic rings. The van der Waals surface area contributed by atoms with E-state index in [0.717, 1.165) is 34.1 Å². The zero-order valence-electron chi connectivity index (χ0n) is 14.0. The van der Waals surface area contributed by atoms with Crippen LogP contribution in [-0.4, -0.2) is 20.9 Å². The molecule has 0 saturated carbocycles. The van der Waals surface area contributed by atoms with E-state index in [0.29, 0.717) is 17.7 Å². The van der Waals surface area contributed by atoms with Gasteiger partial charge in [-0.25, -0.2) is 0 Å². The van der Waals surface area contributed by atoms with E-state index in [4.69, 9.17) is 23.8 Å². The number of nitrogens with zero attached hydrogens (tertiary/aromatic N) is 2. The summed E-state index contributed by atoms with van der Waals surface area (Å²) >= 11 is 11.4. The summed E-state index contributed by atoms with van der Waals surface area (Å²) in [5.41, 5.74) is 4.07.